The maximum absolute atomic E-state index is 11.9. The van der Waals surface area contributed by atoms with Crippen LogP contribution in [-0.4, -0.2) is 20.0 Å². The van der Waals surface area contributed by atoms with Gasteiger partial charge in [-0.05, 0) is 60.5 Å². The van der Waals surface area contributed by atoms with Crippen molar-refractivity contribution in [3.8, 4) is 17.1 Å². The van der Waals surface area contributed by atoms with Crippen molar-refractivity contribution in [1.29, 1.82) is 0 Å². The van der Waals surface area contributed by atoms with E-state index in [0.717, 1.165) is 33.5 Å². The number of hydrogen-bond acceptors (Lipinski definition) is 6. The van der Waals surface area contributed by atoms with Gasteiger partial charge < -0.3 is 9.52 Å². The van der Waals surface area contributed by atoms with Crippen molar-refractivity contribution in [2.45, 2.75) is 26.6 Å². The van der Waals surface area contributed by atoms with Crippen molar-refractivity contribution in [1.82, 2.24) is 14.9 Å². The van der Waals surface area contributed by atoms with Gasteiger partial charge in [0.15, 0.2) is 5.43 Å². The van der Waals surface area contributed by atoms with Gasteiger partial charge in [-0.25, -0.2) is 0 Å². The van der Waals surface area contributed by atoms with E-state index >= 15 is 0 Å². The predicted molar refractivity (Wildman–Crippen MR) is 127 cm³/mol. The fourth-order valence-electron chi connectivity index (χ4n) is 4.16. The Labute approximate surface area is 191 Å². The van der Waals surface area contributed by atoms with Crippen molar-refractivity contribution >= 4 is 11.0 Å². The average molecular weight is 437 g/mol. The molecule has 1 N–H and O–H groups in total. The Morgan fingerprint density at radius 2 is 1.58 bits per heavy atom. The molecular weight excluding hydrogens is 414 g/mol. The molecule has 0 bridgehead atoms. The van der Waals surface area contributed by atoms with Gasteiger partial charge in [0.05, 0.1) is 11.4 Å². The Balaban J connectivity index is 1.58. The van der Waals surface area contributed by atoms with Crippen LogP contribution < -0.4 is 5.43 Å². The molecule has 1 aromatic carbocycles. The van der Waals surface area contributed by atoms with Gasteiger partial charge in [-0.3, -0.25) is 19.7 Å². The highest BCUT2D eigenvalue weighted by atomic mass is 16.3. The van der Waals surface area contributed by atoms with Gasteiger partial charge in [-0.2, -0.15) is 0 Å². The minimum atomic E-state index is -0.0969. The fourth-order valence-corrected chi connectivity index (χ4v) is 4.16. The molecule has 2 aromatic heterocycles. The molecule has 0 atom stereocenters. The Hall–Kier alpha value is -4.03. The van der Waals surface area contributed by atoms with Gasteiger partial charge in [0, 0.05) is 55.1 Å². The average Bonchev–Trinajstić information content (AvgIpc) is 2.79. The minimum absolute atomic E-state index is 0.0969. The third-order valence-electron chi connectivity index (χ3n) is 5.66. The molecule has 0 amide bonds. The molecule has 0 unspecified atom stereocenters. The van der Waals surface area contributed by atoms with E-state index in [0.29, 0.717) is 31.0 Å². The second-order valence-corrected chi connectivity index (χ2v) is 8.20. The van der Waals surface area contributed by atoms with Crippen molar-refractivity contribution in [2.24, 2.45) is 0 Å². The lowest BCUT2D eigenvalue weighted by Gasteiger charge is -2.23. The van der Waals surface area contributed by atoms with E-state index in [2.05, 4.69) is 14.9 Å². The summed E-state index contributed by atoms with van der Waals surface area (Å²) in [7, 11) is 0. The molecule has 33 heavy (non-hydrogen) atoms. The normalized spacial score (nSPS) is 11.5. The lowest BCUT2D eigenvalue weighted by atomic mass is 10.00. The topological polar surface area (TPSA) is 79.5 Å². The fraction of sp³-hybridized carbons (Fsp3) is 0.148. The molecule has 0 radical (unpaired) electrons. The highest BCUT2D eigenvalue weighted by Gasteiger charge is 2.17. The van der Waals surface area contributed by atoms with E-state index < -0.39 is 0 Å². The zero-order valence-electron chi connectivity index (χ0n) is 18.2. The van der Waals surface area contributed by atoms with Crippen LogP contribution >= 0.6 is 0 Å². The lowest BCUT2D eigenvalue weighted by molar-refractivity contribution is 0.242. The van der Waals surface area contributed by atoms with Crippen LogP contribution in [0.3, 0.4) is 0 Å². The third kappa shape index (κ3) is 4.61. The van der Waals surface area contributed by atoms with Crippen LogP contribution in [0.5, 0.6) is 5.75 Å². The number of phenolic OH excluding ortho intramolecular Hbond substituents is 1. The smallest absolute Gasteiger partial charge is 0.182 e. The Bertz CT molecular complexity index is 1390. The molecular formula is C27H23N3O3. The van der Waals surface area contributed by atoms with E-state index in [1.807, 2.05) is 49.4 Å². The summed E-state index contributed by atoms with van der Waals surface area (Å²) in [4.78, 5) is 23.1. The van der Waals surface area contributed by atoms with Gasteiger partial charge >= 0.3 is 0 Å². The summed E-state index contributed by atoms with van der Waals surface area (Å²) in [6.07, 6.45) is 3.58. The first-order valence-corrected chi connectivity index (χ1v) is 10.8. The summed E-state index contributed by atoms with van der Waals surface area (Å²) in [5.74, 6) is 0.633. The standard InChI is InChI=1S/C27H23N3O3/c1-18-10-22(31)12-26-24(18)14-25-19(11-23(32)13-27(25)33-26)15-30(16-20-6-2-4-8-28-20)17-21-7-3-5-9-29-21/h2-14,32H,15-17H2,1H3. The van der Waals surface area contributed by atoms with Crippen molar-refractivity contribution in [3.05, 3.63) is 112 Å². The first-order valence-electron chi connectivity index (χ1n) is 10.8. The van der Waals surface area contributed by atoms with Gasteiger partial charge in [0.25, 0.3) is 0 Å². The summed E-state index contributed by atoms with van der Waals surface area (Å²) in [5.41, 5.74) is 5.02. The maximum Gasteiger partial charge on any atom is 0.182 e. The van der Waals surface area contributed by atoms with Crippen LogP contribution in [0, 0.1) is 6.92 Å². The molecule has 3 aromatic rings. The molecule has 3 heterocycles. The molecule has 0 fully saturated rings. The number of phenols is 1. The van der Waals surface area contributed by atoms with E-state index in [4.69, 9.17) is 4.42 Å². The van der Waals surface area contributed by atoms with Crippen LogP contribution in [0.1, 0.15) is 22.5 Å². The number of fused-ring (bicyclic) bond motifs is 2. The molecule has 1 aliphatic heterocycles. The number of pyridine rings is 2. The van der Waals surface area contributed by atoms with Crippen LogP contribution in [0.15, 0.2) is 88.3 Å². The molecule has 6 heteroatoms. The highest BCUT2D eigenvalue weighted by molar-refractivity contribution is 5.87. The van der Waals surface area contributed by atoms with Crippen LogP contribution in [0.4, 0.5) is 0 Å². The Morgan fingerprint density at radius 3 is 2.21 bits per heavy atom. The molecule has 5 rings (SSSR count). The van der Waals surface area contributed by atoms with Crippen molar-refractivity contribution in [2.75, 3.05) is 0 Å². The number of hydrogen-bond donors (Lipinski definition) is 1. The number of benzene rings is 2. The van der Waals surface area contributed by atoms with Gasteiger partial charge in [0.2, 0.25) is 0 Å². The van der Waals surface area contributed by atoms with E-state index in [9.17, 15) is 9.90 Å². The monoisotopic (exact) mass is 437 g/mol. The second kappa shape index (κ2) is 8.84. The molecule has 0 saturated heterocycles. The van der Waals surface area contributed by atoms with E-state index in [-0.39, 0.29) is 11.2 Å². The van der Waals surface area contributed by atoms with E-state index in [1.54, 1.807) is 30.6 Å². The number of aromatic nitrogens is 2. The summed E-state index contributed by atoms with van der Waals surface area (Å²) in [5, 5.41) is 11.3. The van der Waals surface area contributed by atoms with E-state index in [1.165, 1.54) is 6.07 Å². The molecule has 2 aliphatic rings. The second-order valence-electron chi connectivity index (χ2n) is 8.20. The maximum atomic E-state index is 11.9. The Morgan fingerprint density at radius 1 is 0.879 bits per heavy atom. The largest absolute Gasteiger partial charge is 0.508 e. The zero-order chi connectivity index (χ0) is 22.8. The molecule has 0 saturated carbocycles. The van der Waals surface area contributed by atoms with Crippen molar-refractivity contribution < 1.29 is 9.52 Å². The van der Waals surface area contributed by atoms with Gasteiger partial charge in [0.1, 0.15) is 17.1 Å². The summed E-state index contributed by atoms with van der Waals surface area (Å²) in [6.45, 7) is 3.70. The summed E-state index contributed by atoms with van der Waals surface area (Å²) < 4.78 is 6.04. The number of nitrogens with zero attached hydrogens (tertiary/aromatic N) is 3. The molecule has 0 spiro atoms. The summed E-state index contributed by atoms with van der Waals surface area (Å²) >= 11 is 0. The number of rotatable bonds is 6. The summed E-state index contributed by atoms with van der Waals surface area (Å²) in [6, 6.07) is 20.2. The number of aromatic hydroxyl groups is 1. The quantitative estimate of drug-likeness (QED) is 0.381. The molecule has 164 valence electrons. The van der Waals surface area contributed by atoms with Crippen LogP contribution in [0.2, 0.25) is 0 Å². The zero-order valence-corrected chi connectivity index (χ0v) is 18.2. The number of aryl methyl sites for hydroxylation is 1. The predicted octanol–water partition coefficient (Wildman–Crippen LogP) is 4.90. The highest BCUT2D eigenvalue weighted by Crippen LogP contribution is 2.34. The van der Waals surface area contributed by atoms with Crippen molar-refractivity contribution in [3.63, 3.8) is 0 Å². The van der Waals surface area contributed by atoms with Gasteiger partial charge in [-0.1, -0.05) is 12.1 Å². The van der Waals surface area contributed by atoms with Gasteiger partial charge in [-0.15, -0.1) is 0 Å². The minimum Gasteiger partial charge on any atom is -0.508 e. The first-order chi connectivity index (χ1) is 16.0. The lowest BCUT2D eigenvalue weighted by Crippen LogP contribution is -2.23. The molecule has 1 aliphatic carbocycles. The van der Waals surface area contributed by atoms with Crippen LogP contribution in [-0.2, 0) is 19.6 Å². The van der Waals surface area contributed by atoms with Crippen LogP contribution in [0.25, 0.3) is 22.3 Å². The Kier molecular flexibility index (Phi) is 5.59. The SMILES string of the molecule is Cc1cc(=O)cc2oc3cc(O)cc(CN(Cc4ccccn4)Cc4ccccn4)c3cc1-2. The third-order valence-corrected chi connectivity index (χ3v) is 5.66. The molecule has 6 nitrogen and oxygen atoms in total. The first kappa shape index (κ1) is 20.8.